The first-order valence-electron chi connectivity index (χ1n) is 6.57. The summed E-state index contributed by atoms with van der Waals surface area (Å²) >= 11 is 3.50. The maximum Gasteiger partial charge on any atom is 0.0488 e. The number of hydrogen-bond donors (Lipinski definition) is 1. The van der Waals surface area contributed by atoms with E-state index in [4.69, 9.17) is 0 Å². The second-order valence-electron chi connectivity index (χ2n) is 5.17. The normalized spacial score (nSPS) is 12.3. The van der Waals surface area contributed by atoms with E-state index < -0.39 is 0 Å². The highest BCUT2D eigenvalue weighted by molar-refractivity contribution is 9.10. The van der Waals surface area contributed by atoms with Gasteiger partial charge in [-0.3, -0.25) is 0 Å². The number of rotatable bonds is 3. The zero-order valence-electron chi connectivity index (χ0n) is 11.9. The lowest BCUT2D eigenvalue weighted by Gasteiger charge is -2.19. The third kappa shape index (κ3) is 3.38. The van der Waals surface area contributed by atoms with E-state index in [1.165, 1.54) is 22.3 Å². The molecule has 2 heteroatoms. The van der Waals surface area contributed by atoms with Gasteiger partial charge < -0.3 is 5.32 Å². The molecule has 2 aromatic carbocycles. The van der Waals surface area contributed by atoms with Crippen LogP contribution in [0.15, 0.2) is 40.9 Å². The topological polar surface area (TPSA) is 12.0 Å². The van der Waals surface area contributed by atoms with Crippen LogP contribution >= 0.6 is 15.9 Å². The van der Waals surface area contributed by atoms with Crippen molar-refractivity contribution < 1.29 is 0 Å². The fraction of sp³-hybridized carbons (Fsp3) is 0.294. The lowest BCUT2D eigenvalue weighted by atomic mass is 9.96. The first kappa shape index (κ1) is 14.1. The Balaban J connectivity index is 2.25. The summed E-state index contributed by atoms with van der Waals surface area (Å²) in [6.07, 6.45) is 0. The van der Waals surface area contributed by atoms with Crippen molar-refractivity contribution in [1.82, 2.24) is 0 Å². The SMILES string of the molecule is Cc1cc(C)c(C(C)Nc2cccc(Br)c2)cc1C. The van der Waals surface area contributed by atoms with Gasteiger partial charge in [0.1, 0.15) is 0 Å². The molecule has 2 rings (SSSR count). The third-order valence-electron chi connectivity index (χ3n) is 3.56. The minimum Gasteiger partial charge on any atom is -0.378 e. The van der Waals surface area contributed by atoms with E-state index in [0.717, 1.165) is 10.2 Å². The molecule has 0 aromatic heterocycles. The molecule has 0 spiro atoms. The average Bonchev–Trinajstić information content (AvgIpc) is 2.33. The Hall–Kier alpha value is -1.28. The van der Waals surface area contributed by atoms with Crippen molar-refractivity contribution in [1.29, 1.82) is 0 Å². The van der Waals surface area contributed by atoms with Crippen LogP contribution in [0.2, 0.25) is 0 Å². The van der Waals surface area contributed by atoms with Crippen LogP contribution in [0.25, 0.3) is 0 Å². The number of aryl methyl sites for hydroxylation is 3. The zero-order chi connectivity index (χ0) is 14.0. The van der Waals surface area contributed by atoms with Gasteiger partial charge in [0.15, 0.2) is 0 Å². The highest BCUT2D eigenvalue weighted by atomic mass is 79.9. The van der Waals surface area contributed by atoms with E-state index in [2.05, 4.69) is 73.2 Å². The molecule has 0 saturated heterocycles. The molecule has 1 N–H and O–H groups in total. The smallest absolute Gasteiger partial charge is 0.0488 e. The van der Waals surface area contributed by atoms with E-state index >= 15 is 0 Å². The summed E-state index contributed by atoms with van der Waals surface area (Å²) < 4.78 is 1.10. The van der Waals surface area contributed by atoms with Crippen LogP contribution in [0, 0.1) is 20.8 Å². The first-order chi connectivity index (χ1) is 8.97. The highest BCUT2D eigenvalue weighted by Gasteiger charge is 2.10. The van der Waals surface area contributed by atoms with Crippen molar-refractivity contribution in [2.24, 2.45) is 0 Å². The number of nitrogens with one attached hydrogen (secondary N) is 1. The van der Waals surface area contributed by atoms with Crippen LogP contribution in [-0.4, -0.2) is 0 Å². The zero-order valence-corrected chi connectivity index (χ0v) is 13.5. The minimum atomic E-state index is 0.300. The van der Waals surface area contributed by atoms with Crippen LogP contribution in [0.5, 0.6) is 0 Å². The molecule has 0 amide bonds. The maximum atomic E-state index is 3.56. The molecule has 0 radical (unpaired) electrons. The van der Waals surface area contributed by atoms with Gasteiger partial charge in [-0.05, 0) is 68.1 Å². The first-order valence-corrected chi connectivity index (χ1v) is 7.36. The van der Waals surface area contributed by atoms with E-state index in [-0.39, 0.29) is 0 Å². The predicted molar refractivity (Wildman–Crippen MR) is 86.8 cm³/mol. The van der Waals surface area contributed by atoms with Crippen molar-refractivity contribution >= 4 is 21.6 Å². The van der Waals surface area contributed by atoms with Gasteiger partial charge in [-0.15, -0.1) is 0 Å². The number of benzene rings is 2. The van der Waals surface area contributed by atoms with Crippen molar-refractivity contribution in [3.63, 3.8) is 0 Å². The Kier molecular flexibility index (Phi) is 4.31. The lowest BCUT2D eigenvalue weighted by Crippen LogP contribution is -2.09. The number of halogens is 1. The third-order valence-corrected chi connectivity index (χ3v) is 4.05. The van der Waals surface area contributed by atoms with Gasteiger partial charge in [-0.25, -0.2) is 0 Å². The van der Waals surface area contributed by atoms with Crippen molar-refractivity contribution in [3.8, 4) is 0 Å². The molecular weight excluding hydrogens is 298 g/mol. The standard InChI is InChI=1S/C17H20BrN/c1-11-8-13(3)17(9-12(11)2)14(4)19-16-7-5-6-15(18)10-16/h5-10,14,19H,1-4H3. The molecule has 0 bridgehead atoms. The molecule has 19 heavy (non-hydrogen) atoms. The van der Waals surface area contributed by atoms with Crippen LogP contribution in [0.3, 0.4) is 0 Å². The Bertz CT molecular complexity index is 590. The summed E-state index contributed by atoms with van der Waals surface area (Å²) in [5.74, 6) is 0. The molecule has 0 aliphatic heterocycles. The molecule has 1 nitrogen and oxygen atoms in total. The van der Waals surface area contributed by atoms with Crippen LogP contribution in [-0.2, 0) is 0 Å². The average molecular weight is 318 g/mol. The molecule has 0 heterocycles. The maximum absolute atomic E-state index is 3.56. The van der Waals surface area contributed by atoms with E-state index in [1.807, 2.05) is 12.1 Å². The Morgan fingerprint density at radius 3 is 2.32 bits per heavy atom. The quantitative estimate of drug-likeness (QED) is 0.782. The monoisotopic (exact) mass is 317 g/mol. The molecular formula is C17H20BrN. The largest absolute Gasteiger partial charge is 0.378 e. The summed E-state index contributed by atoms with van der Waals surface area (Å²) in [5.41, 5.74) is 6.56. The van der Waals surface area contributed by atoms with Crippen LogP contribution in [0.4, 0.5) is 5.69 Å². The summed E-state index contributed by atoms with van der Waals surface area (Å²) in [4.78, 5) is 0. The molecule has 0 aliphatic rings. The van der Waals surface area contributed by atoms with E-state index in [0.29, 0.717) is 6.04 Å². The second-order valence-corrected chi connectivity index (χ2v) is 6.09. The van der Waals surface area contributed by atoms with Crippen LogP contribution < -0.4 is 5.32 Å². The van der Waals surface area contributed by atoms with Gasteiger partial charge in [0.25, 0.3) is 0 Å². The van der Waals surface area contributed by atoms with Crippen LogP contribution in [0.1, 0.15) is 35.2 Å². The van der Waals surface area contributed by atoms with Crippen molar-refractivity contribution in [2.45, 2.75) is 33.7 Å². The fourth-order valence-corrected chi connectivity index (χ4v) is 2.75. The van der Waals surface area contributed by atoms with Gasteiger partial charge in [0.2, 0.25) is 0 Å². The summed E-state index contributed by atoms with van der Waals surface area (Å²) in [6.45, 7) is 8.72. The molecule has 2 aromatic rings. The Morgan fingerprint density at radius 2 is 1.63 bits per heavy atom. The predicted octanol–water partition coefficient (Wildman–Crippen LogP) is 5.55. The Labute approximate surface area is 124 Å². The summed E-state index contributed by atoms with van der Waals surface area (Å²) in [7, 11) is 0. The van der Waals surface area contributed by atoms with E-state index in [1.54, 1.807) is 0 Å². The minimum absolute atomic E-state index is 0.300. The second kappa shape index (κ2) is 5.79. The molecule has 0 aliphatic carbocycles. The van der Waals surface area contributed by atoms with Gasteiger partial charge in [0.05, 0.1) is 0 Å². The molecule has 1 atom stereocenters. The Morgan fingerprint density at radius 1 is 0.947 bits per heavy atom. The van der Waals surface area contributed by atoms with Crippen molar-refractivity contribution in [3.05, 3.63) is 63.1 Å². The number of hydrogen-bond acceptors (Lipinski definition) is 1. The lowest BCUT2D eigenvalue weighted by molar-refractivity contribution is 0.870. The molecule has 1 unspecified atom stereocenters. The molecule has 0 saturated carbocycles. The molecule has 100 valence electrons. The molecule has 0 fully saturated rings. The van der Waals surface area contributed by atoms with Gasteiger partial charge in [-0.1, -0.05) is 34.1 Å². The number of anilines is 1. The van der Waals surface area contributed by atoms with Gasteiger partial charge in [-0.2, -0.15) is 0 Å². The van der Waals surface area contributed by atoms with E-state index in [9.17, 15) is 0 Å². The summed E-state index contributed by atoms with van der Waals surface area (Å²) in [5, 5.41) is 3.56. The van der Waals surface area contributed by atoms with Crippen molar-refractivity contribution in [2.75, 3.05) is 5.32 Å². The fourth-order valence-electron chi connectivity index (χ4n) is 2.36. The van der Waals surface area contributed by atoms with Gasteiger partial charge >= 0.3 is 0 Å². The van der Waals surface area contributed by atoms with Gasteiger partial charge in [0, 0.05) is 16.2 Å². The summed E-state index contributed by atoms with van der Waals surface area (Å²) in [6, 6.07) is 13.1. The highest BCUT2D eigenvalue weighted by Crippen LogP contribution is 2.26.